The molecule has 4 nitrogen and oxygen atoms in total. The fourth-order valence-electron chi connectivity index (χ4n) is 6.77. The topological polar surface area (TPSA) is 76.1 Å². The van der Waals surface area contributed by atoms with E-state index in [1.807, 2.05) is 23.9 Å². The number of nitrogen functional groups attached to an aromatic ring is 1. The van der Waals surface area contributed by atoms with Crippen LogP contribution in [-0.4, -0.2) is 10.7 Å². The molecule has 2 aliphatic heterocycles. The SMILES string of the molecule is C[C@@]12SC(c3ccccc3)=CC1=c1cc(N)c(C#N)c3c1=C(C(=O)O3)C2(C1CC1)C1CC1. The van der Waals surface area contributed by atoms with Gasteiger partial charge in [-0.1, -0.05) is 30.3 Å². The Kier molecular flexibility index (Phi) is 3.41. The van der Waals surface area contributed by atoms with Crippen molar-refractivity contribution in [3.05, 3.63) is 64.0 Å². The molecule has 2 N–H and O–H groups in total. The first-order chi connectivity index (χ1) is 15.5. The summed E-state index contributed by atoms with van der Waals surface area (Å²) in [7, 11) is 0. The van der Waals surface area contributed by atoms with E-state index in [-0.39, 0.29) is 21.7 Å². The highest BCUT2D eigenvalue weighted by Gasteiger charge is 2.70. The average molecular weight is 439 g/mol. The van der Waals surface area contributed by atoms with Gasteiger partial charge in [-0.05, 0) is 72.9 Å². The maximum Gasteiger partial charge on any atom is 0.340 e. The van der Waals surface area contributed by atoms with Gasteiger partial charge in [0.1, 0.15) is 11.6 Å². The third kappa shape index (κ3) is 2.03. The number of ether oxygens (including phenoxy) is 1. The Bertz CT molecular complexity index is 1430. The Hall–Kier alpha value is -2.97. The second-order valence-electron chi connectivity index (χ2n) is 9.81. The summed E-state index contributed by atoms with van der Waals surface area (Å²) in [4.78, 5) is 14.8. The van der Waals surface area contributed by atoms with Gasteiger partial charge in [0.2, 0.25) is 0 Å². The number of carbonyl (C=O) groups excluding carboxylic acids is 1. The minimum absolute atomic E-state index is 0.266. The van der Waals surface area contributed by atoms with E-state index in [2.05, 4.69) is 43.3 Å². The number of carbonyl (C=O) groups is 1. The van der Waals surface area contributed by atoms with Gasteiger partial charge in [-0.3, -0.25) is 0 Å². The second-order valence-corrected chi connectivity index (χ2v) is 11.3. The second kappa shape index (κ2) is 5.88. The summed E-state index contributed by atoms with van der Waals surface area (Å²) < 4.78 is 5.57. The molecular formula is C27H22N2O2S. The van der Waals surface area contributed by atoms with Gasteiger partial charge in [0.05, 0.1) is 16.0 Å². The van der Waals surface area contributed by atoms with Crippen LogP contribution in [0.5, 0.6) is 5.75 Å². The van der Waals surface area contributed by atoms with E-state index in [1.54, 1.807) is 0 Å². The molecule has 7 rings (SSSR count). The molecule has 2 saturated carbocycles. The summed E-state index contributed by atoms with van der Waals surface area (Å²) in [6.07, 6.45) is 6.87. The van der Waals surface area contributed by atoms with Crippen LogP contribution < -0.4 is 20.9 Å². The largest absolute Gasteiger partial charge is 0.421 e. The van der Waals surface area contributed by atoms with Crippen LogP contribution in [0.2, 0.25) is 0 Å². The monoisotopic (exact) mass is 438 g/mol. The maximum absolute atomic E-state index is 13.5. The summed E-state index contributed by atoms with van der Waals surface area (Å²) in [5, 5.41) is 11.6. The Morgan fingerprint density at radius 3 is 2.47 bits per heavy atom. The first-order valence-electron chi connectivity index (χ1n) is 11.3. The Labute approximate surface area is 190 Å². The smallest absolute Gasteiger partial charge is 0.340 e. The molecule has 5 heteroatoms. The van der Waals surface area contributed by atoms with Crippen LogP contribution in [0.4, 0.5) is 5.69 Å². The Morgan fingerprint density at radius 1 is 1.16 bits per heavy atom. The number of fused-ring (bicyclic) bond motifs is 1. The fourth-order valence-corrected chi connectivity index (χ4v) is 8.53. The third-order valence-corrected chi connectivity index (χ3v) is 9.71. The van der Waals surface area contributed by atoms with Crippen molar-refractivity contribution in [2.24, 2.45) is 17.3 Å². The number of nitrogens with two attached hydrogens (primary N) is 1. The van der Waals surface area contributed by atoms with E-state index in [4.69, 9.17) is 10.5 Å². The molecular weight excluding hydrogens is 416 g/mol. The molecule has 0 spiro atoms. The van der Waals surface area contributed by atoms with Crippen LogP contribution in [0.25, 0.3) is 16.1 Å². The number of nitriles is 1. The van der Waals surface area contributed by atoms with E-state index in [9.17, 15) is 10.1 Å². The van der Waals surface area contributed by atoms with Crippen molar-refractivity contribution in [1.82, 2.24) is 0 Å². The van der Waals surface area contributed by atoms with E-state index >= 15 is 0 Å². The molecule has 2 aromatic rings. The third-order valence-electron chi connectivity index (χ3n) is 8.17. The van der Waals surface area contributed by atoms with Gasteiger partial charge in [-0.25, -0.2) is 4.79 Å². The number of thioether (sulfide) groups is 1. The summed E-state index contributed by atoms with van der Waals surface area (Å²) in [5.74, 6) is 1.05. The Morgan fingerprint density at radius 2 is 1.84 bits per heavy atom. The lowest BCUT2D eigenvalue weighted by Gasteiger charge is -2.50. The Balaban J connectivity index is 1.66. The number of hydrogen-bond acceptors (Lipinski definition) is 5. The number of nitrogens with zero attached hydrogens (tertiary/aromatic N) is 1. The molecule has 2 heterocycles. The standard InChI is InChI=1S/C27H22N2O2S/c1-26-19(12-21(32-26)14-5-3-2-4-6-14)17-11-20(29)18(13-28)24-22(17)23(25(30)31-24)27(26,15-7-8-15)16-9-10-16/h2-6,11-12,15-16H,7-10,29H2,1H3/t26-/m1/s1. The quantitative estimate of drug-likeness (QED) is 0.449. The molecule has 0 amide bonds. The van der Waals surface area contributed by atoms with Crippen molar-refractivity contribution in [2.45, 2.75) is 37.4 Å². The van der Waals surface area contributed by atoms with E-state index < -0.39 is 0 Å². The lowest BCUT2D eigenvalue weighted by Crippen LogP contribution is -2.56. The molecule has 0 bridgehead atoms. The molecule has 158 valence electrons. The van der Waals surface area contributed by atoms with Gasteiger partial charge in [-0.15, -0.1) is 11.8 Å². The van der Waals surface area contributed by atoms with Gasteiger partial charge < -0.3 is 10.5 Å². The number of anilines is 1. The lowest BCUT2D eigenvalue weighted by atomic mass is 9.58. The highest BCUT2D eigenvalue weighted by molar-refractivity contribution is 8.10. The number of allylic oxidation sites excluding steroid dienone is 1. The first-order valence-corrected chi connectivity index (χ1v) is 12.1. The molecule has 1 atom stereocenters. The fraction of sp³-hybridized carbons (Fsp3) is 0.333. The van der Waals surface area contributed by atoms with Gasteiger partial charge in [-0.2, -0.15) is 5.26 Å². The van der Waals surface area contributed by atoms with Gasteiger partial charge in [0, 0.05) is 15.5 Å². The summed E-state index contributed by atoms with van der Waals surface area (Å²) in [6.45, 7) is 2.34. The van der Waals surface area contributed by atoms with Crippen LogP contribution in [0, 0.1) is 28.6 Å². The predicted molar refractivity (Wildman–Crippen MR) is 126 cm³/mol. The van der Waals surface area contributed by atoms with Gasteiger partial charge >= 0.3 is 5.97 Å². The molecule has 0 aromatic heterocycles. The molecule has 0 unspecified atom stereocenters. The van der Waals surface area contributed by atoms with Crippen molar-refractivity contribution in [3.63, 3.8) is 0 Å². The molecule has 0 saturated heterocycles. The molecule has 3 aliphatic carbocycles. The predicted octanol–water partition coefficient (Wildman–Crippen LogP) is 3.73. The van der Waals surface area contributed by atoms with Gasteiger partial charge in [0.25, 0.3) is 0 Å². The van der Waals surface area contributed by atoms with Crippen molar-refractivity contribution >= 4 is 39.5 Å². The zero-order chi connectivity index (χ0) is 21.8. The zero-order valence-electron chi connectivity index (χ0n) is 17.8. The summed E-state index contributed by atoms with van der Waals surface area (Å²) in [5.41, 5.74) is 9.97. The van der Waals surface area contributed by atoms with Crippen molar-refractivity contribution < 1.29 is 9.53 Å². The summed E-state index contributed by atoms with van der Waals surface area (Å²) in [6, 6.07) is 14.6. The minimum Gasteiger partial charge on any atom is -0.421 e. The van der Waals surface area contributed by atoms with Gasteiger partial charge in [0.15, 0.2) is 5.75 Å². The van der Waals surface area contributed by atoms with E-state index in [0.717, 1.165) is 41.7 Å². The van der Waals surface area contributed by atoms with E-state index in [0.29, 0.717) is 23.3 Å². The lowest BCUT2D eigenvalue weighted by molar-refractivity contribution is -0.128. The average Bonchev–Trinajstić information content (AvgIpc) is 3.71. The molecule has 5 aliphatic rings. The number of rotatable bonds is 3. The number of benzene rings is 2. The molecule has 2 fully saturated rings. The minimum atomic E-state index is -0.274. The number of esters is 1. The first kappa shape index (κ1) is 18.6. The summed E-state index contributed by atoms with van der Waals surface area (Å²) >= 11 is 1.91. The number of hydrogen-bond donors (Lipinski definition) is 1. The van der Waals surface area contributed by atoms with Crippen molar-refractivity contribution in [1.29, 1.82) is 5.26 Å². The normalized spacial score (nSPS) is 26.9. The highest BCUT2D eigenvalue weighted by atomic mass is 32.2. The highest BCUT2D eigenvalue weighted by Crippen LogP contribution is 2.75. The van der Waals surface area contributed by atoms with E-state index in [1.165, 1.54) is 16.0 Å². The molecule has 2 aromatic carbocycles. The zero-order valence-corrected chi connectivity index (χ0v) is 18.6. The van der Waals surface area contributed by atoms with Crippen LogP contribution in [0.15, 0.2) is 42.5 Å². The van der Waals surface area contributed by atoms with Crippen LogP contribution in [0.3, 0.4) is 0 Å². The van der Waals surface area contributed by atoms with Crippen LogP contribution in [0.1, 0.15) is 43.7 Å². The molecule has 32 heavy (non-hydrogen) atoms. The maximum atomic E-state index is 13.5. The van der Waals surface area contributed by atoms with Crippen molar-refractivity contribution in [2.75, 3.05) is 5.73 Å². The van der Waals surface area contributed by atoms with Crippen molar-refractivity contribution in [3.8, 4) is 11.8 Å². The van der Waals surface area contributed by atoms with Crippen LogP contribution in [-0.2, 0) is 4.79 Å². The molecule has 0 radical (unpaired) electrons. The van der Waals surface area contributed by atoms with Crippen LogP contribution >= 0.6 is 11.8 Å².